The first-order valence-corrected chi connectivity index (χ1v) is 6.51. The second-order valence-corrected chi connectivity index (χ2v) is 5.25. The lowest BCUT2D eigenvalue weighted by molar-refractivity contribution is 0.428. The molecular formula is C12H15F2NS. The first-order chi connectivity index (χ1) is 7.63. The van der Waals surface area contributed by atoms with E-state index >= 15 is 0 Å². The quantitative estimate of drug-likeness (QED) is 0.813. The first-order valence-electron chi connectivity index (χ1n) is 5.36. The Bertz CT molecular complexity index is 395. The van der Waals surface area contributed by atoms with E-state index in [1.165, 1.54) is 6.07 Å². The smallest absolute Gasteiger partial charge is 0.131 e. The van der Waals surface area contributed by atoms with Crippen molar-refractivity contribution < 1.29 is 8.78 Å². The van der Waals surface area contributed by atoms with Gasteiger partial charge >= 0.3 is 0 Å². The molecule has 0 aromatic heterocycles. The summed E-state index contributed by atoms with van der Waals surface area (Å²) in [6.07, 6.45) is 0. The SMILES string of the molecule is CNC1c2c(F)cc(F)cc2CSCC1C. The van der Waals surface area contributed by atoms with Crippen LogP contribution >= 0.6 is 11.8 Å². The Kier molecular flexibility index (Phi) is 3.50. The maximum Gasteiger partial charge on any atom is 0.131 e. The third-order valence-corrected chi connectivity index (χ3v) is 4.29. The van der Waals surface area contributed by atoms with Gasteiger partial charge in [0.1, 0.15) is 11.6 Å². The van der Waals surface area contributed by atoms with Crippen LogP contribution in [0.5, 0.6) is 0 Å². The second kappa shape index (κ2) is 4.72. The van der Waals surface area contributed by atoms with Crippen molar-refractivity contribution in [1.29, 1.82) is 0 Å². The van der Waals surface area contributed by atoms with E-state index < -0.39 is 11.6 Å². The molecule has 1 nitrogen and oxygen atoms in total. The van der Waals surface area contributed by atoms with E-state index in [4.69, 9.17) is 0 Å². The fraction of sp³-hybridized carbons (Fsp3) is 0.500. The molecule has 0 saturated carbocycles. The Morgan fingerprint density at radius 2 is 2.12 bits per heavy atom. The average molecular weight is 243 g/mol. The van der Waals surface area contributed by atoms with Gasteiger partial charge < -0.3 is 5.32 Å². The lowest BCUT2D eigenvalue weighted by Gasteiger charge is -2.23. The number of halogens is 2. The van der Waals surface area contributed by atoms with E-state index in [0.717, 1.165) is 17.4 Å². The van der Waals surface area contributed by atoms with Gasteiger partial charge in [0.05, 0.1) is 0 Å². The molecule has 1 aromatic rings. The summed E-state index contributed by atoms with van der Waals surface area (Å²) < 4.78 is 27.0. The summed E-state index contributed by atoms with van der Waals surface area (Å²) in [5, 5.41) is 3.13. The number of hydrogen-bond donors (Lipinski definition) is 1. The van der Waals surface area contributed by atoms with Crippen LogP contribution in [0.4, 0.5) is 8.78 Å². The highest BCUT2D eigenvalue weighted by Crippen LogP contribution is 2.35. The lowest BCUT2D eigenvalue weighted by Crippen LogP contribution is -2.25. The molecular weight excluding hydrogens is 228 g/mol. The Balaban J connectivity index is 2.53. The van der Waals surface area contributed by atoms with Crippen molar-refractivity contribution in [3.05, 3.63) is 34.9 Å². The van der Waals surface area contributed by atoms with Crippen LogP contribution in [-0.2, 0) is 5.75 Å². The number of thioether (sulfide) groups is 1. The zero-order valence-electron chi connectivity index (χ0n) is 9.39. The van der Waals surface area contributed by atoms with Gasteiger partial charge in [0.15, 0.2) is 0 Å². The molecule has 2 unspecified atom stereocenters. The molecule has 1 N–H and O–H groups in total. The summed E-state index contributed by atoms with van der Waals surface area (Å²) in [5.74, 6) is 1.08. The van der Waals surface area contributed by atoms with E-state index in [0.29, 0.717) is 17.2 Å². The molecule has 0 aliphatic carbocycles. The molecule has 0 bridgehead atoms. The van der Waals surface area contributed by atoms with Crippen LogP contribution in [0, 0.1) is 17.6 Å². The molecule has 1 aliphatic heterocycles. The van der Waals surface area contributed by atoms with E-state index in [1.807, 2.05) is 7.05 Å². The highest BCUT2D eigenvalue weighted by atomic mass is 32.2. The second-order valence-electron chi connectivity index (χ2n) is 4.22. The van der Waals surface area contributed by atoms with Crippen LogP contribution < -0.4 is 5.32 Å². The molecule has 0 spiro atoms. The number of rotatable bonds is 1. The van der Waals surface area contributed by atoms with Crippen LogP contribution in [0.2, 0.25) is 0 Å². The Morgan fingerprint density at radius 1 is 1.38 bits per heavy atom. The van der Waals surface area contributed by atoms with Gasteiger partial charge in [-0.15, -0.1) is 0 Å². The minimum absolute atomic E-state index is 0.0226. The van der Waals surface area contributed by atoms with Crippen LogP contribution in [0.1, 0.15) is 24.1 Å². The summed E-state index contributed by atoms with van der Waals surface area (Å²) >= 11 is 1.73. The zero-order valence-corrected chi connectivity index (χ0v) is 10.2. The Labute approximate surface area is 98.6 Å². The Hall–Kier alpha value is -0.610. The summed E-state index contributed by atoms with van der Waals surface area (Å²) in [5.41, 5.74) is 1.42. The van der Waals surface area contributed by atoms with Gasteiger partial charge in [-0.05, 0) is 30.3 Å². The molecule has 1 aliphatic rings. The topological polar surface area (TPSA) is 12.0 Å². The molecule has 2 rings (SSSR count). The number of benzene rings is 1. The zero-order chi connectivity index (χ0) is 11.7. The monoisotopic (exact) mass is 243 g/mol. The molecule has 88 valence electrons. The van der Waals surface area contributed by atoms with E-state index in [1.54, 1.807) is 11.8 Å². The number of fused-ring (bicyclic) bond motifs is 1. The Morgan fingerprint density at radius 3 is 2.81 bits per heavy atom. The van der Waals surface area contributed by atoms with Crippen molar-refractivity contribution in [2.75, 3.05) is 12.8 Å². The molecule has 16 heavy (non-hydrogen) atoms. The molecule has 0 radical (unpaired) electrons. The van der Waals surface area contributed by atoms with Crippen molar-refractivity contribution in [2.24, 2.45) is 5.92 Å². The largest absolute Gasteiger partial charge is 0.313 e. The van der Waals surface area contributed by atoms with Gasteiger partial charge in [0, 0.05) is 23.4 Å². The minimum atomic E-state index is -0.485. The van der Waals surface area contributed by atoms with Crippen molar-refractivity contribution in [2.45, 2.75) is 18.7 Å². The predicted octanol–water partition coefficient (Wildman–Crippen LogP) is 3.11. The lowest BCUT2D eigenvalue weighted by atomic mass is 9.92. The number of hydrogen-bond acceptors (Lipinski definition) is 2. The minimum Gasteiger partial charge on any atom is -0.313 e. The molecule has 0 fully saturated rings. The van der Waals surface area contributed by atoms with Crippen molar-refractivity contribution in [3.8, 4) is 0 Å². The van der Waals surface area contributed by atoms with Crippen LogP contribution in [0.3, 0.4) is 0 Å². The van der Waals surface area contributed by atoms with Gasteiger partial charge in [-0.3, -0.25) is 0 Å². The normalized spacial score (nSPS) is 25.0. The first kappa shape index (κ1) is 11.9. The molecule has 1 aromatic carbocycles. The van der Waals surface area contributed by atoms with Crippen LogP contribution in [-0.4, -0.2) is 12.8 Å². The van der Waals surface area contributed by atoms with Gasteiger partial charge in [0.25, 0.3) is 0 Å². The summed E-state index contributed by atoms with van der Waals surface area (Å²) in [6.45, 7) is 2.09. The molecule has 2 atom stereocenters. The van der Waals surface area contributed by atoms with Gasteiger partial charge in [-0.25, -0.2) is 8.78 Å². The maximum atomic E-state index is 13.8. The molecule has 4 heteroatoms. The standard InChI is InChI=1S/C12H15F2NS/c1-7-5-16-6-8-3-9(13)4-10(14)11(8)12(7)15-2/h3-4,7,12,15H,5-6H2,1-2H3. The van der Waals surface area contributed by atoms with Crippen LogP contribution in [0.25, 0.3) is 0 Å². The molecule has 0 amide bonds. The molecule has 1 heterocycles. The highest BCUT2D eigenvalue weighted by Gasteiger charge is 2.27. The van der Waals surface area contributed by atoms with E-state index in [-0.39, 0.29) is 6.04 Å². The van der Waals surface area contributed by atoms with Crippen LogP contribution in [0.15, 0.2) is 12.1 Å². The van der Waals surface area contributed by atoms with E-state index in [9.17, 15) is 8.78 Å². The number of nitrogens with one attached hydrogen (secondary N) is 1. The summed E-state index contributed by atoms with van der Waals surface area (Å²) in [6, 6.07) is 2.41. The summed E-state index contributed by atoms with van der Waals surface area (Å²) in [4.78, 5) is 0. The third-order valence-electron chi connectivity index (χ3n) is 3.01. The fourth-order valence-electron chi connectivity index (χ4n) is 2.27. The van der Waals surface area contributed by atoms with Gasteiger partial charge in [0.2, 0.25) is 0 Å². The maximum absolute atomic E-state index is 13.8. The van der Waals surface area contributed by atoms with Gasteiger partial charge in [-0.1, -0.05) is 6.92 Å². The highest BCUT2D eigenvalue weighted by molar-refractivity contribution is 7.98. The third kappa shape index (κ3) is 2.09. The molecule has 0 saturated heterocycles. The summed E-state index contributed by atoms with van der Waals surface area (Å²) in [7, 11) is 1.82. The van der Waals surface area contributed by atoms with Crippen molar-refractivity contribution >= 4 is 11.8 Å². The van der Waals surface area contributed by atoms with Crippen molar-refractivity contribution in [1.82, 2.24) is 5.32 Å². The van der Waals surface area contributed by atoms with Crippen molar-refractivity contribution in [3.63, 3.8) is 0 Å². The fourth-order valence-corrected chi connectivity index (χ4v) is 3.41. The average Bonchev–Trinajstić information content (AvgIpc) is 2.36. The van der Waals surface area contributed by atoms with E-state index in [2.05, 4.69) is 12.2 Å². The predicted molar refractivity (Wildman–Crippen MR) is 63.5 cm³/mol. The van der Waals surface area contributed by atoms with Gasteiger partial charge in [-0.2, -0.15) is 11.8 Å².